The fourth-order valence-electron chi connectivity index (χ4n) is 8.06. The average molecular weight is 615 g/mol. The molecule has 1 atom stereocenters. The number of pyridine rings is 1. The third-order valence-electron chi connectivity index (χ3n) is 10.1. The Morgan fingerprint density at radius 3 is 2.62 bits per heavy atom. The van der Waals surface area contributed by atoms with E-state index in [0.29, 0.717) is 71.2 Å². The minimum atomic E-state index is -0.674. The fourth-order valence-corrected chi connectivity index (χ4v) is 8.06. The first-order valence-corrected chi connectivity index (χ1v) is 16.0. The van der Waals surface area contributed by atoms with Crippen LogP contribution in [0.25, 0.3) is 38.4 Å². The molecule has 0 bridgehead atoms. The number of β-amino-alcohol motifs (C(OH)–C–C–N with tert-alkyl or cyclic N) is 1. The number of benzene rings is 2. The number of piperidine rings is 1. The van der Waals surface area contributed by atoms with Gasteiger partial charge in [-0.3, -0.25) is 4.90 Å². The summed E-state index contributed by atoms with van der Waals surface area (Å²) in [4.78, 5) is 14.0. The van der Waals surface area contributed by atoms with Crippen molar-refractivity contribution in [3.63, 3.8) is 0 Å². The number of anilines is 1. The van der Waals surface area contributed by atoms with Crippen LogP contribution in [0, 0.1) is 11.6 Å². The number of halogens is 2. The number of rotatable bonds is 6. The summed E-state index contributed by atoms with van der Waals surface area (Å²) < 4.78 is 40.2. The molecule has 0 amide bonds. The second kappa shape index (κ2) is 10.8. The molecule has 2 aromatic carbocycles. The monoisotopic (exact) mass is 614 g/mol. The van der Waals surface area contributed by atoms with Gasteiger partial charge in [0.2, 0.25) is 0 Å². The highest BCUT2D eigenvalue weighted by atomic mass is 19.1. The number of aromatic hydroxyl groups is 1. The third-order valence-corrected chi connectivity index (χ3v) is 10.1. The van der Waals surface area contributed by atoms with E-state index in [1.165, 1.54) is 16.6 Å². The average Bonchev–Trinajstić information content (AvgIpc) is 3.76. The quantitative estimate of drug-likeness (QED) is 0.255. The number of aryl methyl sites for hydroxylation is 1. The van der Waals surface area contributed by atoms with Gasteiger partial charge in [-0.05, 0) is 98.6 Å². The number of fused-ring (bicyclic) bond motifs is 5. The first kappa shape index (κ1) is 28.4. The van der Waals surface area contributed by atoms with Crippen LogP contribution in [-0.4, -0.2) is 79.1 Å². The molecule has 9 nitrogen and oxygen atoms in total. The van der Waals surface area contributed by atoms with Gasteiger partial charge in [-0.25, -0.2) is 13.3 Å². The molecule has 2 N–H and O–H groups in total. The first-order chi connectivity index (χ1) is 21.9. The molecule has 6 heterocycles. The van der Waals surface area contributed by atoms with Crippen LogP contribution in [0.3, 0.4) is 0 Å². The number of aliphatic hydroxyl groups excluding tert-OH is 1. The lowest BCUT2D eigenvalue weighted by atomic mass is 9.94. The number of hydrogen-bond donors (Lipinski definition) is 2. The zero-order valence-corrected chi connectivity index (χ0v) is 25.3. The molecule has 3 saturated heterocycles. The van der Waals surface area contributed by atoms with Gasteiger partial charge in [0.15, 0.2) is 5.82 Å². The summed E-state index contributed by atoms with van der Waals surface area (Å²) >= 11 is 0. The topological polar surface area (TPSA) is 99.3 Å². The second-order valence-electron chi connectivity index (χ2n) is 12.8. The van der Waals surface area contributed by atoms with Crippen molar-refractivity contribution in [1.82, 2.24) is 24.5 Å². The zero-order valence-electron chi connectivity index (χ0n) is 25.3. The summed E-state index contributed by atoms with van der Waals surface area (Å²) in [5.74, 6) is -0.659. The van der Waals surface area contributed by atoms with Gasteiger partial charge in [0.25, 0.3) is 0 Å². The van der Waals surface area contributed by atoms with Gasteiger partial charge in [0.1, 0.15) is 35.2 Å². The molecule has 3 aromatic heterocycles. The fraction of sp³-hybridized carbons (Fsp3) is 0.441. The minimum absolute atomic E-state index is 0.0520. The number of phenols is 1. The number of hydrogen-bond acceptors (Lipinski definition) is 8. The van der Waals surface area contributed by atoms with Crippen LogP contribution in [0.5, 0.6) is 11.8 Å². The van der Waals surface area contributed by atoms with Gasteiger partial charge >= 0.3 is 6.01 Å². The van der Waals surface area contributed by atoms with Crippen molar-refractivity contribution in [2.24, 2.45) is 0 Å². The lowest BCUT2D eigenvalue weighted by Crippen LogP contribution is -2.43. The van der Waals surface area contributed by atoms with E-state index in [1.54, 1.807) is 24.4 Å². The minimum Gasteiger partial charge on any atom is -0.508 e. The molecule has 11 heteroatoms. The molecule has 5 aromatic rings. The molecule has 3 fully saturated rings. The van der Waals surface area contributed by atoms with E-state index in [-0.39, 0.29) is 28.5 Å². The Kier molecular flexibility index (Phi) is 6.79. The Balaban J connectivity index is 1.38. The highest BCUT2D eigenvalue weighted by molar-refractivity contribution is 6.07. The molecule has 3 aliphatic heterocycles. The van der Waals surface area contributed by atoms with Crippen LogP contribution < -0.4 is 9.64 Å². The summed E-state index contributed by atoms with van der Waals surface area (Å²) in [6.07, 6.45) is 7.19. The van der Waals surface area contributed by atoms with Crippen LogP contribution in [0.1, 0.15) is 51.0 Å². The molecule has 1 unspecified atom stereocenters. The SMILES string of the molecule is CCc1c(F)ccc2cc(O)cc(-c3c(F)c4nc(OCC56CCCN5CCC6)nc(N5CCCC(O)C5)c4c4ccnn34)c12. The molecule has 0 saturated carbocycles. The van der Waals surface area contributed by atoms with Gasteiger partial charge in [-0.2, -0.15) is 15.1 Å². The Labute approximate surface area is 259 Å². The van der Waals surface area contributed by atoms with Gasteiger partial charge < -0.3 is 19.8 Å². The van der Waals surface area contributed by atoms with E-state index in [1.807, 2.05) is 11.8 Å². The molecule has 0 radical (unpaired) electrons. The van der Waals surface area contributed by atoms with Crippen molar-refractivity contribution in [3.8, 4) is 23.0 Å². The van der Waals surface area contributed by atoms with Crippen LogP contribution in [0.15, 0.2) is 36.5 Å². The number of aromatic nitrogens is 4. The van der Waals surface area contributed by atoms with Crippen molar-refractivity contribution in [1.29, 1.82) is 0 Å². The van der Waals surface area contributed by atoms with E-state index in [4.69, 9.17) is 14.7 Å². The largest absolute Gasteiger partial charge is 0.508 e. The van der Waals surface area contributed by atoms with Crippen molar-refractivity contribution in [3.05, 3.63) is 53.7 Å². The summed E-state index contributed by atoms with van der Waals surface area (Å²) in [5.41, 5.74) is 1.36. The normalized spacial score (nSPS) is 20.1. The predicted molar refractivity (Wildman–Crippen MR) is 168 cm³/mol. The highest BCUT2D eigenvalue weighted by Gasteiger charge is 2.45. The maximum absolute atomic E-state index is 17.3. The first-order valence-electron chi connectivity index (χ1n) is 16.0. The predicted octanol–water partition coefficient (Wildman–Crippen LogP) is 5.61. The van der Waals surface area contributed by atoms with Crippen molar-refractivity contribution < 1.29 is 23.7 Å². The lowest BCUT2D eigenvalue weighted by molar-refractivity contribution is 0.107. The summed E-state index contributed by atoms with van der Waals surface area (Å²) in [5, 5.41) is 27.4. The number of nitrogens with zero attached hydrogens (tertiary/aromatic N) is 6. The maximum atomic E-state index is 17.3. The smallest absolute Gasteiger partial charge is 0.319 e. The Morgan fingerprint density at radius 1 is 1.02 bits per heavy atom. The highest BCUT2D eigenvalue weighted by Crippen LogP contribution is 2.43. The molecular weight excluding hydrogens is 578 g/mol. The van der Waals surface area contributed by atoms with Crippen LogP contribution >= 0.6 is 0 Å². The summed E-state index contributed by atoms with van der Waals surface area (Å²) in [6.45, 7) is 5.35. The van der Waals surface area contributed by atoms with Crippen molar-refractivity contribution in [2.75, 3.05) is 37.7 Å². The van der Waals surface area contributed by atoms with Gasteiger partial charge in [-0.15, -0.1) is 0 Å². The van der Waals surface area contributed by atoms with E-state index in [2.05, 4.69) is 10.00 Å². The third kappa shape index (κ3) is 4.50. The summed E-state index contributed by atoms with van der Waals surface area (Å²) in [6, 6.07) is 7.84. The zero-order chi connectivity index (χ0) is 30.9. The Bertz CT molecular complexity index is 1950. The van der Waals surface area contributed by atoms with Gasteiger partial charge in [0, 0.05) is 18.7 Å². The Morgan fingerprint density at radius 2 is 1.84 bits per heavy atom. The molecule has 0 spiro atoms. The van der Waals surface area contributed by atoms with Gasteiger partial charge in [-0.1, -0.05) is 13.0 Å². The van der Waals surface area contributed by atoms with Gasteiger partial charge in [0.05, 0.1) is 28.7 Å². The van der Waals surface area contributed by atoms with Crippen molar-refractivity contribution in [2.45, 2.75) is 63.5 Å². The lowest BCUT2D eigenvalue weighted by Gasteiger charge is -2.33. The number of phenolic OH excluding ortho intramolecular Hbond substituents is 1. The van der Waals surface area contributed by atoms with E-state index < -0.39 is 17.7 Å². The molecule has 45 heavy (non-hydrogen) atoms. The number of ether oxygens (including phenoxy) is 1. The number of aliphatic hydroxyl groups is 1. The van der Waals surface area contributed by atoms with Crippen LogP contribution in [0.2, 0.25) is 0 Å². The molecule has 0 aliphatic carbocycles. The van der Waals surface area contributed by atoms with Crippen molar-refractivity contribution >= 4 is 33.0 Å². The standard InChI is InChI=1S/C34H36F2N6O3/c1-2-23-25(35)8-7-20-16-22(44)17-24(27(20)23)31-29(36)30-28(26-9-12-37-42(26)31)32(40-13-3-6-21(43)18-40)39-33(38-30)45-19-34-10-4-14-41(34)15-5-11-34/h7-9,12,16-17,21,43-44H,2-6,10-11,13-15,18-19H2,1H3. The molecular formula is C34H36F2N6O3. The Hall–Kier alpha value is -4.09. The van der Waals surface area contributed by atoms with E-state index in [9.17, 15) is 10.2 Å². The molecule has 8 rings (SSSR count). The summed E-state index contributed by atoms with van der Waals surface area (Å²) in [7, 11) is 0. The van der Waals surface area contributed by atoms with E-state index >= 15 is 8.78 Å². The molecule has 3 aliphatic rings. The molecule has 234 valence electrons. The van der Waals surface area contributed by atoms with E-state index in [0.717, 1.165) is 45.2 Å². The second-order valence-corrected chi connectivity index (χ2v) is 12.8. The van der Waals surface area contributed by atoms with Crippen LogP contribution in [0.4, 0.5) is 14.6 Å². The maximum Gasteiger partial charge on any atom is 0.319 e. The van der Waals surface area contributed by atoms with Crippen LogP contribution in [-0.2, 0) is 6.42 Å².